The summed E-state index contributed by atoms with van der Waals surface area (Å²) in [5, 5.41) is 3.83. The number of carbonyl (C=O) groups excluding carboxylic acids is 2. The standard InChI is InChI=1S/C19H27N5O5/c1-3-7-24(29-8-6-22-19(26)28-10-9-27-2)18(25)15-11-14-4-5-21-13-16(14)23-17(20)12-15/h4-5,11,13H,3,6-10,12H2,1-2H3,(H2,20,23)(H,22,26). The number of nitrogens with two attached hydrogens (primary N) is 1. The van der Waals surface area contributed by atoms with Gasteiger partial charge in [0.1, 0.15) is 12.4 Å². The van der Waals surface area contributed by atoms with Crippen LogP contribution in [0.25, 0.3) is 6.08 Å². The molecule has 1 aliphatic heterocycles. The van der Waals surface area contributed by atoms with Gasteiger partial charge in [-0.15, -0.1) is 0 Å². The van der Waals surface area contributed by atoms with E-state index in [1.165, 1.54) is 12.2 Å². The first-order chi connectivity index (χ1) is 14.0. The zero-order valence-corrected chi connectivity index (χ0v) is 16.7. The molecule has 0 fully saturated rings. The van der Waals surface area contributed by atoms with Gasteiger partial charge in [0, 0.05) is 44.0 Å². The van der Waals surface area contributed by atoms with Crippen LogP contribution in [0.3, 0.4) is 0 Å². The Morgan fingerprint density at radius 1 is 1.31 bits per heavy atom. The SMILES string of the molecule is CCCN(OCCNC(=O)OCCOC)C(=O)C1=Cc2ccncc2N=C(N)C1. The average Bonchev–Trinajstić information content (AvgIpc) is 2.88. The number of fused-ring (bicyclic) bond motifs is 1. The fraction of sp³-hybridized carbons (Fsp3) is 0.474. The second-order valence-corrected chi connectivity index (χ2v) is 6.18. The molecule has 1 aromatic rings. The summed E-state index contributed by atoms with van der Waals surface area (Å²) in [6.45, 7) is 3.13. The van der Waals surface area contributed by atoms with Crippen LogP contribution in [0.1, 0.15) is 25.3 Å². The van der Waals surface area contributed by atoms with Crippen molar-refractivity contribution in [1.82, 2.24) is 15.4 Å². The van der Waals surface area contributed by atoms with Crippen LogP contribution >= 0.6 is 0 Å². The number of nitrogens with zero attached hydrogens (tertiary/aromatic N) is 3. The van der Waals surface area contributed by atoms with E-state index in [1.807, 2.05) is 6.92 Å². The van der Waals surface area contributed by atoms with Crippen LogP contribution in [0.4, 0.5) is 10.5 Å². The maximum atomic E-state index is 13.0. The summed E-state index contributed by atoms with van der Waals surface area (Å²) in [5.74, 6) is 0.0330. The van der Waals surface area contributed by atoms with E-state index >= 15 is 0 Å². The number of hydrogen-bond acceptors (Lipinski definition) is 8. The third-order valence-corrected chi connectivity index (χ3v) is 3.87. The van der Waals surface area contributed by atoms with Gasteiger partial charge in [-0.3, -0.25) is 14.6 Å². The lowest BCUT2D eigenvalue weighted by Gasteiger charge is -2.22. The van der Waals surface area contributed by atoms with Crippen LogP contribution < -0.4 is 11.1 Å². The molecule has 0 bridgehead atoms. The van der Waals surface area contributed by atoms with Gasteiger partial charge in [0.05, 0.1) is 25.1 Å². The number of amidine groups is 1. The Morgan fingerprint density at radius 3 is 2.90 bits per heavy atom. The monoisotopic (exact) mass is 405 g/mol. The number of methoxy groups -OCH3 is 1. The Morgan fingerprint density at radius 2 is 2.14 bits per heavy atom. The topological polar surface area (TPSA) is 128 Å². The van der Waals surface area contributed by atoms with Gasteiger partial charge in [-0.2, -0.15) is 0 Å². The second-order valence-electron chi connectivity index (χ2n) is 6.18. The first-order valence-corrected chi connectivity index (χ1v) is 9.37. The second kappa shape index (κ2) is 11.8. The molecule has 2 rings (SSSR count). The minimum absolute atomic E-state index is 0.114. The van der Waals surface area contributed by atoms with Crippen molar-refractivity contribution >= 4 is 29.6 Å². The number of alkyl carbamates (subject to hydrolysis) is 1. The summed E-state index contributed by atoms with van der Waals surface area (Å²) >= 11 is 0. The molecule has 0 radical (unpaired) electrons. The van der Waals surface area contributed by atoms with Gasteiger partial charge in [0.2, 0.25) is 0 Å². The Hall–Kier alpha value is -2.98. The molecule has 29 heavy (non-hydrogen) atoms. The van der Waals surface area contributed by atoms with E-state index in [2.05, 4.69) is 15.3 Å². The molecule has 0 aromatic carbocycles. The van der Waals surface area contributed by atoms with Gasteiger partial charge in [-0.25, -0.2) is 14.9 Å². The highest BCUT2D eigenvalue weighted by Gasteiger charge is 2.22. The average molecular weight is 405 g/mol. The van der Waals surface area contributed by atoms with Crippen molar-refractivity contribution in [2.24, 2.45) is 10.7 Å². The highest BCUT2D eigenvalue weighted by Crippen LogP contribution is 2.25. The largest absolute Gasteiger partial charge is 0.447 e. The predicted octanol–water partition coefficient (Wildman–Crippen LogP) is 1.40. The van der Waals surface area contributed by atoms with E-state index in [0.29, 0.717) is 36.7 Å². The predicted molar refractivity (Wildman–Crippen MR) is 107 cm³/mol. The highest BCUT2D eigenvalue weighted by molar-refractivity contribution is 6.05. The van der Waals surface area contributed by atoms with Crippen LogP contribution in [-0.2, 0) is 19.1 Å². The highest BCUT2D eigenvalue weighted by atomic mass is 16.7. The van der Waals surface area contributed by atoms with Crippen molar-refractivity contribution in [1.29, 1.82) is 0 Å². The molecule has 0 aliphatic carbocycles. The van der Waals surface area contributed by atoms with Gasteiger partial charge in [-0.05, 0) is 18.6 Å². The van der Waals surface area contributed by atoms with E-state index in [0.717, 1.165) is 5.56 Å². The first-order valence-electron chi connectivity index (χ1n) is 9.37. The Bertz CT molecular complexity index is 765. The Labute approximate surface area is 169 Å². The summed E-state index contributed by atoms with van der Waals surface area (Å²) in [7, 11) is 1.52. The van der Waals surface area contributed by atoms with Crippen LogP contribution in [0, 0.1) is 0 Å². The maximum absolute atomic E-state index is 13.0. The third-order valence-electron chi connectivity index (χ3n) is 3.87. The molecule has 2 amide bonds. The fourth-order valence-electron chi connectivity index (χ4n) is 2.54. The van der Waals surface area contributed by atoms with Crippen LogP contribution in [0.2, 0.25) is 0 Å². The minimum Gasteiger partial charge on any atom is -0.447 e. The lowest BCUT2D eigenvalue weighted by atomic mass is 10.1. The lowest BCUT2D eigenvalue weighted by Crippen LogP contribution is -2.37. The van der Waals surface area contributed by atoms with E-state index < -0.39 is 6.09 Å². The van der Waals surface area contributed by atoms with Gasteiger partial charge in [0.15, 0.2) is 0 Å². The number of hydrogen-bond donors (Lipinski definition) is 2. The number of nitrogens with one attached hydrogen (secondary N) is 1. The van der Waals surface area contributed by atoms with Crippen molar-refractivity contribution < 1.29 is 23.9 Å². The Balaban J connectivity index is 1.94. The van der Waals surface area contributed by atoms with Gasteiger partial charge >= 0.3 is 6.09 Å². The molecule has 0 saturated heterocycles. The number of carbonyl (C=O) groups is 2. The number of aromatic nitrogens is 1. The molecular weight excluding hydrogens is 378 g/mol. The molecule has 1 aliphatic rings. The summed E-state index contributed by atoms with van der Waals surface area (Å²) < 4.78 is 9.68. The molecule has 0 unspecified atom stereocenters. The van der Waals surface area contributed by atoms with Crippen LogP contribution in [0.5, 0.6) is 0 Å². The molecule has 0 saturated carbocycles. The van der Waals surface area contributed by atoms with E-state index in [1.54, 1.807) is 24.5 Å². The maximum Gasteiger partial charge on any atom is 0.407 e. The minimum atomic E-state index is -0.570. The van der Waals surface area contributed by atoms with Crippen LogP contribution in [0.15, 0.2) is 29.0 Å². The van der Waals surface area contributed by atoms with E-state index in [-0.39, 0.29) is 32.1 Å². The number of rotatable bonds is 10. The number of hydroxylamine groups is 2. The summed E-state index contributed by atoms with van der Waals surface area (Å²) in [4.78, 5) is 38.4. The third kappa shape index (κ3) is 7.16. The smallest absolute Gasteiger partial charge is 0.407 e. The van der Waals surface area contributed by atoms with Crippen LogP contribution in [-0.4, -0.2) is 67.9 Å². The lowest BCUT2D eigenvalue weighted by molar-refractivity contribution is -0.181. The van der Waals surface area contributed by atoms with Crippen molar-refractivity contribution in [3.63, 3.8) is 0 Å². The number of ether oxygens (including phenoxy) is 2. The number of aliphatic imine (C=N–C) groups is 1. The van der Waals surface area contributed by atoms with Crippen molar-refractivity contribution in [3.05, 3.63) is 29.6 Å². The molecule has 3 N–H and O–H groups in total. The number of pyridine rings is 1. The zero-order chi connectivity index (χ0) is 21.1. The Kier molecular flexibility index (Phi) is 9.06. The molecule has 0 atom stereocenters. The normalized spacial score (nSPS) is 12.9. The first kappa shape index (κ1) is 22.3. The molecule has 0 spiro atoms. The summed E-state index contributed by atoms with van der Waals surface area (Å²) in [5.41, 5.74) is 7.81. The molecule has 10 heteroatoms. The molecule has 158 valence electrons. The van der Waals surface area contributed by atoms with Gasteiger partial charge < -0.3 is 20.5 Å². The van der Waals surface area contributed by atoms with Gasteiger partial charge in [0.25, 0.3) is 5.91 Å². The zero-order valence-electron chi connectivity index (χ0n) is 16.7. The molecule has 10 nitrogen and oxygen atoms in total. The molecule has 2 heterocycles. The quantitative estimate of drug-likeness (QED) is 0.445. The summed E-state index contributed by atoms with van der Waals surface area (Å²) in [6, 6.07) is 1.77. The fourth-order valence-corrected chi connectivity index (χ4v) is 2.54. The van der Waals surface area contributed by atoms with Gasteiger partial charge in [-0.1, -0.05) is 6.92 Å². The van der Waals surface area contributed by atoms with Crippen molar-refractivity contribution in [2.75, 3.05) is 40.0 Å². The summed E-state index contributed by atoms with van der Waals surface area (Å²) in [6.07, 6.45) is 5.33. The molecule has 1 aromatic heterocycles. The van der Waals surface area contributed by atoms with Crippen molar-refractivity contribution in [3.8, 4) is 0 Å². The van der Waals surface area contributed by atoms with Crippen molar-refractivity contribution in [2.45, 2.75) is 19.8 Å². The number of amides is 2. The molecular formula is C19H27N5O5. The van der Waals surface area contributed by atoms with E-state index in [9.17, 15) is 9.59 Å². The van der Waals surface area contributed by atoms with E-state index in [4.69, 9.17) is 20.0 Å².